The fourth-order valence-electron chi connectivity index (χ4n) is 3.04. The van der Waals surface area contributed by atoms with Crippen LogP contribution in [0.3, 0.4) is 0 Å². The molecule has 0 radical (unpaired) electrons. The van der Waals surface area contributed by atoms with Crippen LogP contribution in [0, 0.1) is 11.3 Å². The molecule has 3 heterocycles. The zero-order valence-electron chi connectivity index (χ0n) is 12.0. The van der Waals surface area contributed by atoms with Gasteiger partial charge < -0.3 is 4.98 Å². The lowest BCUT2D eigenvalue weighted by molar-refractivity contribution is 1.52. The average molecular weight is 330 g/mol. The third-order valence-electron chi connectivity index (χ3n) is 4.12. The zero-order valence-corrected chi connectivity index (χ0v) is 13.6. The Bertz CT molecular complexity index is 1230. The van der Waals surface area contributed by atoms with Crippen LogP contribution in [0.15, 0.2) is 54.6 Å². The summed E-state index contributed by atoms with van der Waals surface area (Å²) in [5, 5.41) is 11.5. The van der Waals surface area contributed by atoms with Crippen LogP contribution in [0.5, 0.6) is 0 Å². The second kappa shape index (κ2) is 4.69. The molecule has 0 atom stereocenters. The highest BCUT2D eigenvalue weighted by Gasteiger charge is 2.12. The van der Waals surface area contributed by atoms with E-state index >= 15 is 0 Å². The lowest BCUT2D eigenvalue weighted by atomic mass is 10.1. The van der Waals surface area contributed by atoms with E-state index in [2.05, 4.69) is 53.5 Å². The standard InChI is InChI=1S/C19H10N2S2/c20-10-12-6-8-16(22-12)11-5-7-14-17(9-11)23-19-13-3-1-2-4-15(13)21-18(14)19/h1-9,21H. The van der Waals surface area contributed by atoms with E-state index in [0.717, 1.165) is 9.75 Å². The lowest BCUT2D eigenvalue weighted by Gasteiger charge is -1.97. The number of rotatable bonds is 1. The molecule has 2 aromatic carbocycles. The molecule has 1 N–H and O–H groups in total. The number of nitrogens with zero attached hydrogens (tertiary/aromatic N) is 1. The quantitative estimate of drug-likeness (QED) is 0.394. The molecule has 0 aliphatic rings. The van der Waals surface area contributed by atoms with Crippen LogP contribution < -0.4 is 0 Å². The van der Waals surface area contributed by atoms with Gasteiger partial charge in [-0.2, -0.15) is 5.26 Å². The van der Waals surface area contributed by atoms with Gasteiger partial charge in [0.15, 0.2) is 0 Å². The average Bonchev–Trinajstić information content (AvgIpc) is 3.27. The fourth-order valence-corrected chi connectivity index (χ4v) is 5.08. The van der Waals surface area contributed by atoms with Crippen LogP contribution in [0.1, 0.15) is 4.88 Å². The molecule has 23 heavy (non-hydrogen) atoms. The first-order valence-corrected chi connectivity index (χ1v) is 8.90. The summed E-state index contributed by atoms with van der Waals surface area (Å²) in [5.74, 6) is 0. The van der Waals surface area contributed by atoms with Crippen LogP contribution in [0.2, 0.25) is 0 Å². The van der Waals surface area contributed by atoms with Crippen LogP contribution in [0.4, 0.5) is 0 Å². The van der Waals surface area contributed by atoms with Crippen molar-refractivity contribution in [1.29, 1.82) is 5.26 Å². The molecule has 0 unspecified atom stereocenters. The number of hydrogen-bond acceptors (Lipinski definition) is 3. The molecule has 3 aromatic heterocycles. The van der Waals surface area contributed by atoms with Gasteiger partial charge in [-0.15, -0.1) is 22.7 Å². The molecule has 108 valence electrons. The van der Waals surface area contributed by atoms with Crippen LogP contribution in [0.25, 0.3) is 41.6 Å². The van der Waals surface area contributed by atoms with Gasteiger partial charge in [0.05, 0.1) is 10.2 Å². The molecule has 0 aliphatic heterocycles. The van der Waals surface area contributed by atoms with Gasteiger partial charge in [-0.05, 0) is 29.8 Å². The Morgan fingerprint density at radius 1 is 0.913 bits per heavy atom. The number of aromatic nitrogens is 1. The third kappa shape index (κ3) is 1.84. The summed E-state index contributed by atoms with van der Waals surface area (Å²) in [6.45, 7) is 0. The number of nitriles is 1. The van der Waals surface area contributed by atoms with Gasteiger partial charge in [0.1, 0.15) is 10.9 Å². The maximum absolute atomic E-state index is 9.00. The number of para-hydroxylation sites is 1. The number of fused-ring (bicyclic) bond motifs is 5. The van der Waals surface area contributed by atoms with Crippen molar-refractivity contribution >= 4 is 53.9 Å². The minimum absolute atomic E-state index is 0.754. The van der Waals surface area contributed by atoms with Gasteiger partial charge in [0.25, 0.3) is 0 Å². The van der Waals surface area contributed by atoms with E-state index in [-0.39, 0.29) is 0 Å². The maximum Gasteiger partial charge on any atom is 0.110 e. The Balaban J connectivity index is 1.77. The highest BCUT2D eigenvalue weighted by atomic mass is 32.1. The summed E-state index contributed by atoms with van der Waals surface area (Å²) >= 11 is 3.37. The zero-order chi connectivity index (χ0) is 15.4. The minimum atomic E-state index is 0.754. The molecule has 0 spiro atoms. The van der Waals surface area contributed by atoms with Gasteiger partial charge in [-0.1, -0.05) is 30.3 Å². The van der Waals surface area contributed by atoms with Crippen molar-refractivity contribution in [3.8, 4) is 16.5 Å². The minimum Gasteiger partial charge on any atom is -0.353 e. The molecular weight excluding hydrogens is 320 g/mol. The lowest BCUT2D eigenvalue weighted by Crippen LogP contribution is -1.72. The van der Waals surface area contributed by atoms with Crippen molar-refractivity contribution in [1.82, 2.24) is 4.98 Å². The summed E-state index contributed by atoms with van der Waals surface area (Å²) < 4.78 is 2.60. The number of nitrogens with one attached hydrogen (secondary N) is 1. The first-order valence-electron chi connectivity index (χ1n) is 7.27. The Hall–Kier alpha value is -2.61. The molecule has 0 saturated carbocycles. The molecule has 0 amide bonds. The van der Waals surface area contributed by atoms with Gasteiger partial charge in [-0.25, -0.2) is 0 Å². The smallest absolute Gasteiger partial charge is 0.110 e. The number of thiophene rings is 2. The maximum atomic E-state index is 9.00. The highest BCUT2D eigenvalue weighted by molar-refractivity contribution is 7.26. The molecule has 0 fully saturated rings. The van der Waals surface area contributed by atoms with E-state index in [0.29, 0.717) is 0 Å². The van der Waals surface area contributed by atoms with Crippen molar-refractivity contribution in [2.45, 2.75) is 0 Å². The molecule has 0 bridgehead atoms. The fraction of sp³-hybridized carbons (Fsp3) is 0. The Kier molecular flexibility index (Phi) is 2.63. The van der Waals surface area contributed by atoms with Crippen molar-refractivity contribution in [2.24, 2.45) is 0 Å². The van der Waals surface area contributed by atoms with Crippen molar-refractivity contribution in [2.75, 3.05) is 0 Å². The predicted molar refractivity (Wildman–Crippen MR) is 99.2 cm³/mol. The molecular formula is C19H10N2S2. The van der Waals surface area contributed by atoms with Gasteiger partial charge in [-0.3, -0.25) is 0 Å². The van der Waals surface area contributed by atoms with Crippen molar-refractivity contribution in [3.63, 3.8) is 0 Å². The Morgan fingerprint density at radius 3 is 2.70 bits per heavy atom. The van der Waals surface area contributed by atoms with Gasteiger partial charge >= 0.3 is 0 Å². The molecule has 2 nitrogen and oxygen atoms in total. The summed E-state index contributed by atoms with van der Waals surface area (Å²) in [6.07, 6.45) is 0. The SMILES string of the molecule is N#Cc1ccc(-c2ccc3c(c2)sc2c4ccccc4[nH]c32)s1. The third-order valence-corrected chi connectivity index (χ3v) is 6.35. The van der Waals surface area contributed by atoms with E-state index in [4.69, 9.17) is 5.26 Å². The Morgan fingerprint density at radius 2 is 1.83 bits per heavy atom. The van der Waals surface area contributed by atoms with Crippen LogP contribution in [-0.2, 0) is 0 Å². The summed E-state index contributed by atoms with van der Waals surface area (Å²) in [5.41, 5.74) is 3.59. The van der Waals surface area contributed by atoms with Gasteiger partial charge in [0, 0.05) is 25.9 Å². The van der Waals surface area contributed by atoms with Crippen molar-refractivity contribution in [3.05, 3.63) is 59.5 Å². The molecule has 4 heteroatoms. The van der Waals surface area contributed by atoms with E-state index in [1.165, 1.54) is 36.8 Å². The van der Waals surface area contributed by atoms with E-state index in [1.54, 1.807) is 11.3 Å². The molecule has 0 aliphatic carbocycles. The first kappa shape index (κ1) is 12.9. The topological polar surface area (TPSA) is 39.6 Å². The highest BCUT2D eigenvalue weighted by Crippen LogP contribution is 2.40. The normalized spacial score (nSPS) is 11.4. The summed E-state index contributed by atoms with van der Waals surface area (Å²) in [4.78, 5) is 5.44. The van der Waals surface area contributed by atoms with Crippen LogP contribution >= 0.6 is 22.7 Å². The van der Waals surface area contributed by atoms with E-state index < -0.39 is 0 Å². The first-order chi connectivity index (χ1) is 11.3. The number of benzene rings is 2. The van der Waals surface area contributed by atoms with Crippen LogP contribution in [-0.4, -0.2) is 4.98 Å². The monoisotopic (exact) mass is 330 g/mol. The predicted octanol–water partition coefficient (Wildman–Crippen LogP) is 6.14. The van der Waals surface area contributed by atoms with E-state index in [1.807, 2.05) is 23.5 Å². The number of hydrogen-bond donors (Lipinski definition) is 1. The molecule has 0 saturated heterocycles. The van der Waals surface area contributed by atoms with Crippen molar-refractivity contribution < 1.29 is 0 Å². The second-order valence-corrected chi connectivity index (χ2v) is 7.60. The largest absolute Gasteiger partial charge is 0.353 e. The number of aromatic amines is 1. The second-order valence-electron chi connectivity index (χ2n) is 5.46. The summed E-state index contributed by atoms with van der Waals surface area (Å²) in [7, 11) is 0. The van der Waals surface area contributed by atoms with E-state index in [9.17, 15) is 0 Å². The molecule has 5 rings (SSSR count). The van der Waals surface area contributed by atoms with Gasteiger partial charge in [0.2, 0.25) is 0 Å². The number of H-pyrrole nitrogens is 1. The summed E-state index contributed by atoms with van der Waals surface area (Å²) in [6, 6.07) is 21.1. The molecule has 5 aromatic rings. The Labute approximate surface area is 140 Å².